The highest BCUT2D eigenvalue weighted by molar-refractivity contribution is 6.37. The number of aromatic nitrogens is 1. The summed E-state index contributed by atoms with van der Waals surface area (Å²) in [6, 6.07) is 17.9. The van der Waals surface area contributed by atoms with Crippen molar-refractivity contribution >= 4 is 46.7 Å². The smallest absolute Gasteiger partial charge is 0.306 e. The third-order valence-electron chi connectivity index (χ3n) is 8.94. The maximum atomic E-state index is 13.6. The molecule has 4 aromatic rings. The van der Waals surface area contributed by atoms with Gasteiger partial charge in [-0.3, -0.25) is 14.4 Å². The third kappa shape index (κ3) is 10.6. The molecule has 0 fully saturated rings. The third-order valence-corrected chi connectivity index (χ3v) is 9.61. The fourth-order valence-electron chi connectivity index (χ4n) is 6.38. The molecule has 1 aliphatic carbocycles. The number of halogens is 2. The van der Waals surface area contributed by atoms with Crippen LogP contribution in [-0.4, -0.2) is 82.8 Å². The summed E-state index contributed by atoms with van der Waals surface area (Å²) in [5, 5.41) is 46.8. The SMILES string of the molecule is COc1cc(NC(=O)c2cccc(-c3cccc4c3CC[C@@H]4Oc3nc(OC)c(CNC[C@@H](O)CC(=O)O)cc3Cl)c2Cl)ccc1CNC[C@@H](O)CC(=O)O. The number of hydrogen-bond acceptors (Lipinski definition) is 11. The molecule has 0 radical (unpaired) electrons. The average Bonchev–Trinajstić information content (AvgIpc) is 3.55. The van der Waals surface area contributed by atoms with Crippen LogP contribution < -0.4 is 30.2 Å². The van der Waals surface area contributed by atoms with Crippen molar-refractivity contribution in [3.63, 3.8) is 0 Å². The van der Waals surface area contributed by atoms with Gasteiger partial charge >= 0.3 is 11.9 Å². The minimum atomic E-state index is -1.10. The van der Waals surface area contributed by atoms with E-state index in [1.165, 1.54) is 14.2 Å². The van der Waals surface area contributed by atoms with E-state index in [2.05, 4.69) is 20.9 Å². The molecule has 14 nitrogen and oxygen atoms in total. The summed E-state index contributed by atoms with van der Waals surface area (Å²) >= 11 is 13.6. The molecule has 292 valence electrons. The number of hydrogen-bond donors (Lipinski definition) is 7. The van der Waals surface area contributed by atoms with Crippen LogP contribution in [0.3, 0.4) is 0 Å². The first-order chi connectivity index (χ1) is 26.4. The van der Waals surface area contributed by atoms with Crippen molar-refractivity contribution in [3.8, 4) is 28.6 Å². The second kappa shape index (κ2) is 19.1. The largest absolute Gasteiger partial charge is 0.496 e. The summed E-state index contributed by atoms with van der Waals surface area (Å²) < 4.78 is 17.3. The number of anilines is 1. The van der Waals surface area contributed by atoms with Gasteiger partial charge in [0.25, 0.3) is 5.91 Å². The number of carbonyl (C=O) groups is 3. The van der Waals surface area contributed by atoms with Gasteiger partial charge in [-0.1, -0.05) is 59.6 Å². The molecular formula is C39H42Cl2N4O10. The number of fused-ring (bicyclic) bond motifs is 1. The number of carbonyl (C=O) groups excluding carboxylic acids is 1. The molecule has 0 spiro atoms. The lowest BCUT2D eigenvalue weighted by atomic mass is 9.95. The number of nitrogens with one attached hydrogen (secondary N) is 3. The zero-order valence-corrected chi connectivity index (χ0v) is 31.6. The van der Waals surface area contributed by atoms with Gasteiger partial charge in [-0.25, -0.2) is 0 Å². The van der Waals surface area contributed by atoms with Crippen molar-refractivity contribution in [1.29, 1.82) is 0 Å². The Kier molecular flexibility index (Phi) is 14.3. The number of aliphatic hydroxyl groups is 2. The Morgan fingerprint density at radius 3 is 2.15 bits per heavy atom. The zero-order chi connectivity index (χ0) is 39.6. The second-order valence-corrected chi connectivity index (χ2v) is 13.7. The standard InChI is InChI=1S/C39H42Cl2N4O10/c1-53-33-14-23(10-9-21(33)17-42-19-24(46)15-34(48)49)44-37(52)30-8-4-7-29(36(30)41)26-5-3-6-28-27(26)11-12-32(28)55-39-31(40)13-22(38(45-39)54-2)18-43-20-25(47)16-35(50)51/h3-10,13-14,24-25,32,42-43,46-47H,11-12,15-20H2,1-2H3,(H,44,52)(H,48,49)(H,50,51)/t24-,25-,32-/m0/s1. The highest BCUT2D eigenvalue weighted by atomic mass is 35.5. The van der Waals surface area contributed by atoms with Crippen LogP contribution in [0.5, 0.6) is 17.5 Å². The van der Waals surface area contributed by atoms with Crippen LogP contribution in [0.2, 0.25) is 10.0 Å². The van der Waals surface area contributed by atoms with E-state index in [4.69, 9.17) is 47.6 Å². The molecule has 1 heterocycles. The van der Waals surface area contributed by atoms with E-state index >= 15 is 0 Å². The van der Waals surface area contributed by atoms with Crippen LogP contribution in [0.4, 0.5) is 5.69 Å². The lowest BCUT2D eigenvalue weighted by molar-refractivity contribution is -0.140. The summed E-state index contributed by atoms with van der Waals surface area (Å²) in [6.45, 7) is 0.675. The Balaban J connectivity index is 1.28. The zero-order valence-electron chi connectivity index (χ0n) is 30.1. The lowest BCUT2D eigenvalue weighted by Gasteiger charge is -2.18. The number of pyridine rings is 1. The van der Waals surface area contributed by atoms with Crippen LogP contribution in [-0.2, 0) is 29.1 Å². The van der Waals surface area contributed by atoms with Gasteiger partial charge in [-0.2, -0.15) is 4.98 Å². The fraction of sp³-hybridized carbons (Fsp3) is 0.333. The summed E-state index contributed by atoms with van der Waals surface area (Å²) in [7, 11) is 2.96. The van der Waals surface area contributed by atoms with Gasteiger partial charge in [0.15, 0.2) is 0 Å². The van der Waals surface area contributed by atoms with Crippen molar-refractivity contribution in [2.45, 2.75) is 57.1 Å². The number of carboxylic acid groups (broad SMARTS) is 2. The van der Waals surface area contributed by atoms with Crippen LogP contribution in [0.15, 0.2) is 60.7 Å². The first-order valence-electron chi connectivity index (χ1n) is 17.4. The number of aliphatic hydroxyl groups excluding tert-OH is 2. The van der Waals surface area contributed by atoms with Crippen LogP contribution in [0.25, 0.3) is 11.1 Å². The Labute approximate surface area is 327 Å². The Bertz CT molecular complexity index is 2030. The lowest BCUT2D eigenvalue weighted by Crippen LogP contribution is -2.28. The van der Waals surface area contributed by atoms with Gasteiger partial charge in [0.2, 0.25) is 11.8 Å². The van der Waals surface area contributed by atoms with Crippen molar-refractivity contribution in [2.75, 3.05) is 32.6 Å². The molecule has 0 unspecified atom stereocenters. The Morgan fingerprint density at radius 2 is 1.49 bits per heavy atom. The van der Waals surface area contributed by atoms with E-state index in [9.17, 15) is 24.6 Å². The van der Waals surface area contributed by atoms with E-state index < -0.39 is 30.1 Å². The molecule has 1 amide bonds. The number of methoxy groups -OCH3 is 2. The fourth-order valence-corrected chi connectivity index (χ4v) is 6.91. The molecule has 1 aromatic heterocycles. The monoisotopic (exact) mass is 796 g/mol. The molecule has 3 aromatic carbocycles. The van der Waals surface area contributed by atoms with Crippen molar-refractivity contribution in [3.05, 3.63) is 98.5 Å². The van der Waals surface area contributed by atoms with Gasteiger partial charge in [-0.15, -0.1) is 0 Å². The van der Waals surface area contributed by atoms with E-state index in [0.29, 0.717) is 42.0 Å². The first kappa shape index (κ1) is 41.2. The maximum Gasteiger partial charge on any atom is 0.306 e. The molecule has 7 N–H and O–H groups in total. The van der Waals surface area contributed by atoms with E-state index in [1.54, 1.807) is 36.4 Å². The first-order valence-corrected chi connectivity index (χ1v) is 18.1. The van der Waals surface area contributed by atoms with Crippen molar-refractivity contribution in [1.82, 2.24) is 15.6 Å². The molecular weight excluding hydrogens is 755 g/mol. The normalized spacial score (nSPS) is 14.5. The molecule has 0 aliphatic heterocycles. The van der Waals surface area contributed by atoms with E-state index in [-0.39, 0.29) is 65.9 Å². The van der Waals surface area contributed by atoms with Gasteiger partial charge in [0.1, 0.15) is 16.9 Å². The number of aliphatic carboxylic acids is 2. The quantitative estimate of drug-likeness (QED) is 0.0649. The predicted octanol–water partition coefficient (Wildman–Crippen LogP) is 5.24. The maximum absolute atomic E-state index is 13.6. The molecule has 3 atom stereocenters. The topological polar surface area (TPSA) is 209 Å². The van der Waals surface area contributed by atoms with Gasteiger partial charge in [-0.05, 0) is 47.7 Å². The molecule has 16 heteroatoms. The number of carboxylic acids is 2. The number of rotatable bonds is 19. The number of nitrogens with zero attached hydrogens (tertiary/aromatic N) is 1. The molecule has 5 rings (SSSR count). The summed E-state index contributed by atoms with van der Waals surface area (Å²) in [5.41, 5.74) is 5.58. The molecule has 0 saturated carbocycles. The van der Waals surface area contributed by atoms with Crippen molar-refractivity contribution in [2.24, 2.45) is 0 Å². The summed E-state index contributed by atoms with van der Waals surface area (Å²) in [4.78, 5) is 39.7. The molecule has 55 heavy (non-hydrogen) atoms. The van der Waals surface area contributed by atoms with Gasteiger partial charge in [0.05, 0.1) is 49.9 Å². The van der Waals surface area contributed by atoms with Crippen LogP contribution >= 0.6 is 23.2 Å². The van der Waals surface area contributed by atoms with E-state index in [0.717, 1.165) is 22.3 Å². The summed E-state index contributed by atoms with van der Waals surface area (Å²) in [5.74, 6) is -1.66. The van der Waals surface area contributed by atoms with Crippen LogP contribution in [0, 0.1) is 0 Å². The Morgan fingerprint density at radius 1 is 0.836 bits per heavy atom. The second-order valence-electron chi connectivity index (χ2n) is 12.9. The highest BCUT2D eigenvalue weighted by Gasteiger charge is 2.29. The van der Waals surface area contributed by atoms with Gasteiger partial charge in [0, 0.05) is 54.6 Å². The van der Waals surface area contributed by atoms with Crippen LogP contribution in [0.1, 0.15) is 58.0 Å². The minimum Gasteiger partial charge on any atom is -0.496 e. The van der Waals surface area contributed by atoms with E-state index in [1.807, 2.05) is 24.3 Å². The highest BCUT2D eigenvalue weighted by Crippen LogP contribution is 2.43. The predicted molar refractivity (Wildman–Crippen MR) is 205 cm³/mol. The molecule has 0 bridgehead atoms. The Hall–Kier alpha value is -4.96. The summed E-state index contributed by atoms with van der Waals surface area (Å²) in [6.07, 6.45) is -1.92. The van der Waals surface area contributed by atoms with Gasteiger partial charge < -0.3 is 50.6 Å². The molecule has 0 saturated heterocycles. The number of benzene rings is 3. The van der Waals surface area contributed by atoms with Crippen molar-refractivity contribution < 1.29 is 49.0 Å². The number of ether oxygens (including phenoxy) is 3. The minimum absolute atomic E-state index is 0.0553. The average molecular weight is 798 g/mol. The number of amides is 1. The molecule has 1 aliphatic rings.